The summed E-state index contributed by atoms with van der Waals surface area (Å²) >= 11 is 11.5. The van der Waals surface area contributed by atoms with E-state index in [1.54, 1.807) is 16.4 Å². The van der Waals surface area contributed by atoms with Crippen LogP contribution in [0.1, 0.15) is 11.3 Å². The maximum atomic E-state index is 6.20. The first-order chi connectivity index (χ1) is 8.09. The van der Waals surface area contributed by atoms with Crippen LogP contribution in [-0.2, 0) is 12.8 Å². The van der Waals surface area contributed by atoms with Crippen molar-refractivity contribution in [2.75, 3.05) is 0 Å². The Morgan fingerprint density at radius 2 is 2.12 bits per heavy atom. The van der Waals surface area contributed by atoms with Gasteiger partial charge in [-0.1, -0.05) is 23.7 Å². The molecule has 0 unspecified atom stereocenters. The van der Waals surface area contributed by atoms with Gasteiger partial charge in [0.2, 0.25) is 0 Å². The molecule has 0 aliphatic carbocycles. The summed E-state index contributed by atoms with van der Waals surface area (Å²) in [5.41, 5.74) is 2.10. The van der Waals surface area contributed by atoms with Crippen molar-refractivity contribution in [3.8, 4) is 0 Å². The van der Waals surface area contributed by atoms with E-state index in [0.717, 1.165) is 26.6 Å². The first-order valence-electron chi connectivity index (χ1n) is 5.15. The van der Waals surface area contributed by atoms with Gasteiger partial charge in [-0.2, -0.15) is 5.10 Å². The van der Waals surface area contributed by atoms with Crippen molar-refractivity contribution in [2.45, 2.75) is 17.6 Å². The monoisotopic (exact) mass is 330 g/mol. The Morgan fingerprint density at radius 3 is 2.71 bits per heavy atom. The van der Waals surface area contributed by atoms with E-state index in [0.29, 0.717) is 0 Å². The Hall–Kier alpha value is -0.450. The summed E-state index contributed by atoms with van der Waals surface area (Å²) in [5.74, 6) is 0.834. The zero-order chi connectivity index (χ0) is 12.4. The van der Waals surface area contributed by atoms with Gasteiger partial charge in [0.25, 0.3) is 0 Å². The smallest absolute Gasteiger partial charge is 0.131 e. The van der Waals surface area contributed by atoms with Crippen molar-refractivity contribution < 1.29 is 0 Å². The Balaban J connectivity index is 2.15. The lowest BCUT2D eigenvalue weighted by Gasteiger charge is -2.03. The Labute approximate surface area is 118 Å². The molecule has 0 amide bonds. The molecule has 0 bridgehead atoms. The Morgan fingerprint density at radius 1 is 1.41 bits per heavy atom. The molecule has 0 radical (unpaired) electrons. The van der Waals surface area contributed by atoms with Gasteiger partial charge in [0.05, 0.1) is 5.69 Å². The minimum atomic E-state index is 0.724. The Kier molecular flexibility index (Phi) is 4.17. The van der Waals surface area contributed by atoms with Crippen LogP contribution in [0.3, 0.4) is 0 Å². The second-order valence-electron chi connectivity index (χ2n) is 3.70. The van der Waals surface area contributed by atoms with E-state index in [1.165, 1.54) is 4.90 Å². The molecule has 1 aromatic heterocycles. The van der Waals surface area contributed by atoms with Crippen LogP contribution in [0.4, 0.5) is 0 Å². The van der Waals surface area contributed by atoms with Crippen molar-refractivity contribution in [3.63, 3.8) is 0 Å². The van der Waals surface area contributed by atoms with Gasteiger partial charge >= 0.3 is 0 Å². The molecule has 0 saturated heterocycles. The van der Waals surface area contributed by atoms with Gasteiger partial charge in [-0.25, -0.2) is 0 Å². The number of halogens is 2. The maximum Gasteiger partial charge on any atom is 0.131 e. The number of hydrogen-bond donors (Lipinski definition) is 0. The molecule has 0 aliphatic heterocycles. The van der Waals surface area contributed by atoms with Crippen molar-refractivity contribution in [1.29, 1.82) is 0 Å². The highest BCUT2D eigenvalue weighted by Crippen LogP contribution is 2.32. The molecule has 2 aromatic rings. The molecule has 0 fully saturated rings. The van der Waals surface area contributed by atoms with Gasteiger partial charge in [-0.15, -0.1) is 11.8 Å². The predicted octanol–water partition coefficient (Wildman–Crippen LogP) is 4.44. The highest BCUT2D eigenvalue weighted by molar-refractivity contribution is 9.10. The molecule has 17 heavy (non-hydrogen) atoms. The minimum Gasteiger partial charge on any atom is -0.257 e. The summed E-state index contributed by atoms with van der Waals surface area (Å²) in [4.78, 5) is 1.21. The third-order valence-electron chi connectivity index (χ3n) is 2.48. The minimum absolute atomic E-state index is 0.724. The van der Waals surface area contributed by atoms with Crippen LogP contribution in [0.2, 0.25) is 5.15 Å². The number of nitrogens with zero attached hydrogens (tertiary/aromatic N) is 2. The lowest BCUT2D eigenvalue weighted by atomic mass is 10.3. The molecule has 2 nitrogen and oxygen atoms in total. The summed E-state index contributed by atoms with van der Waals surface area (Å²) in [5, 5.41) is 5.03. The predicted molar refractivity (Wildman–Crippen MR) is 76.7 cm³/mol. The second kappa shape index (κ2) is 5.46. The highest BCUT2D eigenvalue weighted by atomic mass is 79.9. The van der Waals surface area contributed by atoms with Crippen molar-refractivity contribution in [3.05, 3.63) is 45.1 Å². The largest absolute Gasteiger partial charge is 0.257 e. The average Bonchev–Trinajstić information content (AvgIpc) is 2.53. The van der Waals surface area contributed by atoms with Crippen molar-refractivity contribution >= 4 is 39.3 Å². The Bertz CT molecular complexity index is 539. The average molecular weight is 332 g/mol. The molecule has 90 valence electrons. The molecular weight excluding hydrogens is 320 g/mol. The van der Waals surface area contributed by atoms with E-state index in [1.807, 2.05) is 32.2 Å². The van der Waals surface area contributed by atoms with E-state index in [-0.39, 0.29) is 0 Å². The summed E-state index contributed by atoms with van der Waals surface area (Å²) < 4.78 is 2.83. The molecular formula is C12H12BrClN2S. The maximum absolute atomic E-state index is 6.20. The molecule has 5 heteroatoms. The number of thioether (sulfide) groups is 1. The number of aryl methyl sites for hydroxylation is 2. The van der Waals surface area contributed by atoms with Gasteiger partial charge in [-0.3, -0.25) is 4.68 Å². The normalized spacial score (nSPS) is 10.8. The van der Waals surface area contributed by atoms with Crippen LogP contribution in [0, 0.1) is 6.92 Å². The van der Waals surface area contributed by atoms with Crippen LogP contribution in [-0.4, -0.2) is 9.78 Å². The van der Waals surface area contributed by atoms with E-state index in [9.17, 15) is 0 Å². The van der Waals surface area contributed by atoms with E-state index < -0.39 is 0 Å². The number of hydrogen-bond acceptors (Lipinski definition) is 2. The fraction of sp³-hybridized carbons (Fsp3) is 0.250. The zero-order valence-electron chi connectivity index (χ0n) is 9.58. The molecule has 0 aliphatic rings. The van der Waals surface area contributed by atoms with Gasteiger partial charge < -0.3 is 0 Å². The lowest BCUT2D eigenvalue weighted by Crippen LogP contribution is -1.89. The van der Waals surface area contributed by atoms with E-state index >= 15 is 0 Å². The van der Waals surface area contributed by atoms with Crippen molar-refractivity contribution in [2.24, 2.45) is 7.05 Å². The number of rotatable bonds is 3. The summed E-state index contributed by atoms with van der Waals surface area (Å²) in [7, 11) is 1.86. The molecule has 0 atom stereocenters. The molecule has 0 spiro atoms. The van der Waals surface area contributed by atoms with Crippen LogP contribution >= 0.6 is 39.3 Å². The third-order valence-corrected chi connectivity index (χ3v) is 5.01. The molecule has 2 rings (SSSR count). The molecule has 1 heterocycles. The van der Waals surface area contributed by atoms with Crippen LogP contribution in [0.15, 0.2) is 33.6 Å². The third kappa shape index (κ3) is 2.87. The van der Waals surface area contributed by atoms with Crippen LogP contribution in [0.5, 0.6) is 0 Å². The highest BCUT2D eigenvalue weighted by Gasteiger charge is 2.11. The van der Waals surface area contributed by atoms with Gasteiger partial charge in [0.1, 0.15) is 5.15 Å². The first kappa shape index (κ1) is 13.0. The topological polar surface area (TPSA) is 17.8 Å². The van der Waals surface area contributed by atoms with Gasteiger partial charge in [-0.05, 0) is 35.0 Å². The van der Waals surface area contributed by atoms with E-state index in [4.69, 9.17) is 11.6 Å². The van der Waals surface area contributed by atoms with Gasteiger partial charge in [0.15, 0.2) is 0 Å². The molecule has 0 N–H and O–H groups in total. The van der Waals surface area contributed by atoms with Crippen LogP contribution < -0.4 is 0 Å². The molecule has 1 aromatic carbocycles. The zero-order valence-corrected chi connectivity index (χ0v) is 12.7. The standard InChI is InChI=1S/C12H12BrClN2S/c1-8-9(12(14)16(2)15-8)7-17-11-6-4-3-5-10(11)13/h3-6H,7H2,1-2H3. The first-order valence-corrected chi connectivity index (χ1v) is 7.30. The summed E-state index contributed by atoms with van der Waals surface area (Å²) in [6.07, 6.45) is 0. The number of benzene rings is 1. The second-order valence-corrected chi connectivity index (χ2v) is 5.93. The molecule has 0 saturated carbocycles. The van der Waals surface area contributed by atoms with E-state index in [2.05, 4.69) is 27.1 Å². The van der Waals surface area contributed by atoms with Gasteiger partial charge in [0, 0.05) is 27.7 Å². The van der Waals surface area contributed by atoms with Crippen molar-refractivity contribution in [1.82, 2.24) is 9.78 Å². The lowest BCUT2D eigenvalue weighted by molar-refractivity contribution is 0.757. The quantitative estimate of drug-likeness (QED) is 0.774. The van der Waals surface area contributed by atoms with Crippen LogP contribution in [0.25, 0.3) is 0 Å². The summed E-state index contributed by atoms with van der Waals surface area (Å²) in [6, 6.07) is 8.18. The summed E-state index contributed by atoms with van der Waals surface area (Å²) in [6.45, 7) is 1.99. The fourth-order valence-electron chi connectivity index (χ4n) is 1.55. The number of aromatic nitrogens is 2. The fourth-order valence-corrected chi connectivity index (χ4v) is 3.52. The SMILES string of the molecule is Cc1nn(C)c(Cl)c1CSc1ccccc1Br.